The number of nitrogens with zero attached hydrogens (tertiary/aromatic N) is 1. The number of carbonyl (C=O) groups is 1. The first-order valence-corrected chi connectivity index (χ1v) is 8.71. The second-order valence-electron chi connectivity index (χ2n) is 6.16. The zero-order valence-corrected chi connectivity index (χ0v) is 15.0. The third-order valence-electron chi connectivity index (χ3n) is 4.30. The molecule has 0 atom stereocenters. The number of nitrogens with one attached hydrogen (secondary N) is 1. The molecule has 5 nitrogen and oxygen atoms in total. The Hall–Kier alpha value is -3.08. The summed E-state index contributed by atoms with van der Waals surface area (Å²) < 4.78 is 5.22. The van der Waals surface area contributed by atoms with Crippen molar-refractivity contribution in [1.29, 1.82) is 0 Å². The lowest BCUT2D eigenvalue weighted by molar-refractivity contribution is 0.0951. The Bertz CT molecular complexity index is 978. The maximum Gasteiger partial charge on any atom is 0.349 e. The van der Waals surface area contributed by atoms with Crippen LogP contribution in [0.25, 0.3) is 11.0 Å². The van der Waals surface area contributed by atoms with E-state index in [9.17, 15) is 9.59 Å². The lowest BCUT2D eigenvalue weighted by Crippen LogP contribution is -2.36. The highest BCUT2D eigenvalue weighted by Gasteiger charge is 2.13. The van der Waals surface area contributed by atoms with E-state index < -0.39 is 11.5 Å². The van der Waals surface area contributed by atoms with E-state index >= 15 is 0 Å². The van der Waals surface area contributed by atoms with Crippen LogP contribution >= 0.6 is 0 Å². The predicted octanol–water partition coefficient (Wildman–Crippen LogP) is 3.36. The van der Waals surface area contributed by atoms with Gasteiger partial charge in [0.2, 0.25) is 0 Å². The van der Waals surface area contributed by atoms with Crippen LogP contribution in [-0.4, -0.2) is 25.5 Å². The Morgan fingerprint density at radius 2 is 1.92 bits per heavy atom. The van der Waals surface area contributed by atoms with Gasteiger partial charge in [-0.05, 0) is 43.7 Å². The van der Waals surface area contributed by atoms with Gasteiger partial charge in [-0.1, -0.05) is 30.3 Å². The van der Waals surface area contributed by atoms with Crippen LogP contribution in [0.15, 0.2) is 63.8 Å². The van der Waals surface area contributed by atoms with Gasteiger partial charge in [0, 0.05) is 30.7 Å². The molecule has 5 heteroatoms. The Balaban J connectivity index is 1.67. The van der Waals surface area contributed by atoms with Crippen LogP contribution in [0.5, 0.6) is 0 Å². The van der Waals surface area contributed by atoms with Crippen LogP contribution in [0.1, 0.15) is 22.8 Å². The maximum atomic E-state index is 12.4. The van der Waals surface area contributed by atoms with Crippen molar-refractivity contribution < 1.29 is 9.21 Å². The Morgan fingerprint density at radius 1 is 1.12 bits per heavy atom. The molecule has 0 bridgehead atoms. The van der Waals surface area contributed by atoms with E-state index in [1.54, 1.807) is 18.2 Å². The van der Waals surface area contributed by atoms with Crippen molar-refractivity contribution in [2.45, 2.75) is 13.8 Å². The van der Waals surface area contributed by atoms with Crippen molar-refractivity contribution in [2.24, 2.45) is 0 Å². The molecule has 2 aromatic carbocycles. The second kappa shape index (κ2) is 7.87. The summed E-state index contributed by atoms with van der Waals surface area (Å²) in [5, 5.41) is 3.54. The van der Waals surface area contributed by atoms with Gasteiger partial charge >= 0.3 is 5.63 Å². The molecule has 0 saturated heterocycles. The van der Waals surface area contributed by atoms with E-state index in [0.717, 1.165) is 17.6 Å². The molecule has 1 N–H and O–H groups in total. The van der Waals surface area contributed by atoms with E-state index in [1.165, 1.54) is 5.56 Å². The lowest BCUT2D eigenvalue weighted by atomic mass is 10.2. The van der Waals surface area contributed by atoms with Gasteiger partial charge in [0.15, 0.2) is 0 Å². The van der Waals surface area contributed by atoms with Gasteiger partial charge in [0.05, 0.1) is 0 Å². The third kappa shape index (κ3) is 3.94. The van der Waals surface area contributed by atoms with Gasteiger partial charge in [0.1, 0.15) is 11.1 Å². The molecule has 0 aliphatic rings. The van der Waals surface area contributed by atoms with Crippen molar-refractivity contribution in [3.05, 3.63) is 76.1 Å². The number of likely N-dealkylation sites (N-methyl/N-ethyl adjacent to an activating group) is 1. The van der Waals surface area contributed by atoms with Crippen molar-refractivity contribution in [2.75, 3.05) is 24.5 Å². The minimum Gasteiger partial charge on any atom is -0.422 e. The highest BCUT2D eigenvalue weighted by Crippen LogP contribution is 2.15. The summed E-state index contributed by atoms with van der Waals surface area (Å²) in [5.41, 5.74) is 2.20. The molecule has 0 spiro atoms. The quantitative estimate of drug-likeness (QED) is 0.693. The average Bonchev–Trinajstić information content (AvgIpc) is 2.64. The summed E-state index contributed by atoms with van der Waals surface area (Å²) in [5.74, 6) is -0.412. The van der Waals surface area contributed by atoms with E-state index in [4.69, 9.17) is 4.42 Å². The fraction of sp³-hybridized carbons (Fsp3) is 0.238. The second-order valence-corrected chi connectivity index (χ2v) is 6.16. The standard InChI is InChI=1S/C21H22N2O3/c1-3-23(17-9-6-7-15(2)13-17)12-11-22-20(24)18-14-16-8-4-5-10-19(16)26-21(18)25/h4-10,13-14H,3,11-12H2,1-2H3,(H,22,24). The summed E-state index contributed by atoms with van der Waals surface area (Å²) in [4.78, 5) is 26.6. The minimum absolute atomic E-state index is 0.0299. The summed E-state index contributed by atoms with van der Waals surface area (Å²) in [6, 6.07) is 17.0. The molecule has 0 aliphatic carbocycles. The van der Waals surface area contributed by atoms with Crippen LogP contribution in [0.4, 0.5) is 5.69 Å². The third-order valence-corrected chi connectivity index (χ3v) is 4.30. The van der Waals surface area contributed by atoms with Gasteiger partial charge in [-0.15, -0.1) is 0 Å². The van der Waals surface area contributed by atoms with Crippen molar-refractivity contribution >= 4 is 22.6 Å². The molecule has 1 heterocycles. The molecule has 134 valence electrons. The average molecular weight is 350 g/mol. The summed E-state index contributed by atoms with van der Waals surface area (Å²) in [6.45, 7) is 6.05. The first kappa shape index (κ1) is 17.7. The van der Waals surface area contributed by atoms with E-state index in [-0.39, 0.29) is 5.56 Å². The Morgan fingerprint density at radius 3 is 2.69 bits per heavy atom. The topological polar surface area (TPSA) is 62.6 Å². The monoisotopic (exact) mass is 350 g/mol. The molecule has 1 aromatic heterocycles. The number of aryl methyl sites for hydroxylation is 1. The van der Waals surface area contributed by atoms with Gasteiger partial charge in [-0.3, -0.25) is 4.79 Å². The van der Waals surface area contributed by atoms with Crippen molar-refractivity contribution in [1.82, 2.24) is 5.32 Å². The van der Waals surface area contributed by atoms with E-state index in [2.05, 4.69) is 42.3 Å². The number of carbonyl (C=O) groups excluding carboxylic acids is 1. The first-order chi connectivity index (χ1) is 12.6. The van der Waals surface area contributed by atoms with E-state index in [1.807, 2.05) is 18.2 Å². The fourth-order valence-electron chi connectivity index (χ4n) is 2.91. The minimum atomic E-state index is -0.618. The SMILES string of the molecule is CCN(CCNC(=O)c1cc2ccccc2oc1=O)c1cccc(C)c1. The lowest BCUT2D eigenvalue weighted by Gasteiger charge is -2.23. The van der Waals surface area contributed by atoms with Crippen LogP contribution in [0.2, 0.25) is 0 Å². The number of anilines is 1. The van der Waals surface area contributed by atoms with Crippen molar-refractivity contribution in [3.63, 3.8) is 0 Å². The summed E-state index contributed by atoms with van der Waals surface area (Å²) in [7, 11) is 0. The smallest absolute Gasteiger partial charge is 0.349 e. The van der Waals surface area contributed by atoms with E-state index in [0.29, 0.717) is 18.7 Å². The normalized spacial score (nSPS) is 10.7. The highest BCUT2D eigenvalue weighted by atomic mass is 16.4. The molecule has 0 aliphatic heterocycles. The molecule has 26 heavy (non-hydrogen) atoms. The highest BCUT2D eigenvalue weighted by molar-refractivity contribution is 5.96. The molecule has 0 fully saturated rings. The number of rotatable bonds is 6. The number of fused-ring (bicyclic) bond motifs is 1. The molecule has 1 amide bonds. The molecular formula is C21H22N2O3. The Kier molecular flexibility index (Phi) is 5.37. The van der Waals surface area contributed by atoms with Crippen LogP contribution in [0, 0.1) is 6.92 Å². The zero-order valence-electron chi connectivity index (χ0n) is 15.0. The van der Waals surface area contributed by atoms with Crippen molar-refractivity contribution in [3.8, 4) is 0 Å². The Labute approximate surface area is 152 Å². The number of para-hydroxylation sites is 1. The summed E-state index contributed by atoms with van der Waals surface area (Å²) >= 11 is 0. The zero-order chi connectivity index (χ0) is 18.5. The molecule has 0 radical (unpaired) electrons. The number of amides is 1. The number of hydrogen-bond donors (Lipinski definition) is 1. The van der Waals surface area contributed by atoms with Crippen LogP contribution < -0.4 is 15.8 Å². The fourth-order valence-corrected chi connectivity index (χ4v) is 2.91. The molecule has 0 saturated carbocycles. The first-order valence-electron chi connectivity index (χ1n) is 8.71. The van der Waals surface area contributed by atoms with Gasteiger partial charge in [0.25, 0.3) is 5.91 Å². The molecule has 3 aromatic rings. The summed E-state index contributed by atoms with van der Waals surface area (Å²) in [6.07, 6.45) is 0. The molecule has 0 unspecified atom stereocenters. The van der Waals surface area contributed by atoms with Gasteiger partial charge in [-0.25, -0.2) is 4.79 Å². The maximum absolute atomic E-state index is 12.4. The predicted molar refractivity (Wildman–Crippen MR) is 104 cm³/mol. The largest absolute Gasteiger partial charge is 0.422 e. The van der Waals surface area contributed by atoms with Gasteiger partial charge < -0.3 is 14.6 Å². The number of hydrogen-bond acceptors (Lipinski definition) is 4. The number of benzene rings is 2. The molecular weight excluding hydrogens is 328 g/mol. The van der Waals surface area contributed by atoms with Crippen LogP contribution in [-0.2, 0) is 0 Å². The molecule has 3 rings (SSSR count). The van der Waals surface area contributed by atoms with Crippen LogP contribution in [0.3, 0.4) is 0 Å². The van der Waals surface area contributed by atoms with Gasteiger partial charge in [-0.2, -0.15) is 0 Å².